The zero-order valence-corrected chi connectivity index (χ0v) is 18.3. The van der Waals surface area contributed by atoms with E-state index in [2.05, 4.69) is 20.9 Å². The molecule has 3 N–H and O–H groups in total. The molecule has 7 nitrogen and oxygen atoms in total. The summed E-state index contributed by atoms with van der Waals surface area (Å²) in [5, 5.41) is 9.09. The number of guanidine groups is 1. The maximum absolute atomic E-state index is 11.5. The van der Waals surface area contributed by atoms with Gasteiger partial charge < -0.3 is 16.0 Å². The van der Waals surface area contributed by atoms with Crippen molar-refractivity contribution in [3.05, 3.63) is 29.8 Å². The Labute approximate surface area is 172 Å². The van der Waals surface area contributed by atoms with E-state index in [4.69, 9.17) is 0 Å². The van der Waals surface area contributed by atoms with Gasteiger partial charge in [-0.15, -0.1) is 24.0 Å². The van der Waals surface area contributed by atoms with Crippen LogP contribution in [0.1, 0.15) is 25.8 Å². The SMILES string of the molecule is CCNC(=NCCc1ccc(NC(C)=O)cc1)NC1CCS(=O)(=O)C1.I. The van der Waals surface area contributed by atoms with Gasteiger partial charge in [0.15, 0.2) is 15.8 Å². The number of carbonyl (C=O) groups excluding carboxylic acids is 1. The van der Waals surface area contributed by atoms with Gasteiger partial charge in [0.2, 0.25) is 5.91 Å². The second kappa shape index (κ2) is 10.7. The van der Waals surface area contributed by atoms with Crippen LogP contribution < -0.4 is 16.0 Å². The average Bonchev–Trinajstić information content (AvgIpc) is 2.87. The number of amides is 1. The van der Waals surface area contributed by atoms with Gasteiger partial charge in [0.25, 0.3) is 0 Å². The lowest BCUT2D eigenvalue weighted by Crippen LogP contribution is -2.44. The first-order valence-electron chi connectivity index (χ1n) is 8.50. The van der Waals surface area contributed by atoms with Crippen molar-refractivity contribution in [2.45, 2.75) is 32.7 Å². The molecule has 26 heavy (non-hydrogen) atoms. The molecule has 1 fully saturated rings. The molecule has 1 aliphatic heterocycles. The number of hydrogen-bond donors (Lipinski definition) is 3. The lowest BCUT2D eigenvalue weighted by atomic mass is 10.1. The molecule has 0 aliphatic carbocycles. The first kappa shape index (κ1) is 22.7. The van der Waals surface area contributed by atoms with Crippen LogP contribution in [-0.2, 0) is 21.1 Å². The van der Waals surface area contributed by atoms with E-state index in [0.717, 1.165) is 24.2 Å². The van der Waals surface area contributed by atoms with Crippen molar-refractivity contribution in [1.29, 1.82) is 0 Å². The van der Waals surface area contributed by atoms with Crippen molar-refractivity contribution < 1.29 is 13.2 Å². The number of halogens is 1. The minimum atomic E-state index is -2.91. The predicted molar refractivity (Wildman–Crippen MR) is 116 cm³/mol. The van der Waals surface area contributed by atoms with E-state index < -0.39 is 9.84 Å². The Balaban J connectivity index is 0.00000338. The van der Waals surface area contributed by atoms with Crippen molar-refractivity contribution in [3.8, 4) is 0 Å². The largest absolute Gasteiger partial charge is 0.357 e. The molecule has 1 aromatic carbocycles. The van der Waals surface area contributed by atoms with Gasteiger partial charge in [-0.3, -0.25) is 9.79 Å². The monoisotopic (exact) mass is 494 g/mol. The summed E-state index contributed by atoms with van der Waals surface area (Å²) in [6.45, 7) is 4.77. The van der Waals surface area contributed by atoms with Crippen LogP contribution in [0.3, 0.4) is 0 Å². The summed E-state index contributed by atoms with van der Waals surface area (Å²) in [7, 11) is -2.91. The second-order valence-electron chi connectivity index (χ2n) is 6.13. The van der Waals surface area contributed by atoms with Crippen LogP contribution in [-0.4, -0.2) is 50.9 Å². The van der Waals surface area contributed by atoms with E-state index in [-0.39, 0.29) is 47.4 Å². The lowest BCUT2D eigenvalue weighted by Gasteiger charge is -2.15. The molecule has 1 aromatic rings. The van der Waals surface area contributed by atoms with Crippen molar-refractivity contribution in [1.82, 2.24) is 10.6 Å². The fourth-order valence-electron chi connectivity index (χ4n) is 2.68. The molecule has 0 aromatic heterocycles. The maximum atomic E-state index is 11.5. The Hall–Kier alpha value is -1.36. The molecule has 1 unspecified atom stereocenters. The van der Waals surface area contributed by atoms with Gasteiger partial charge >= 0.3 is 0 Å². The summed E-state index contributed by atoms with van der Waals surface area (Å²) in [5.41, 5.74) is 1.90. The van der Waals surface area contributed by atoms with Gasteiger partial charge in [0, 0.05) is 31.7 Å². The third kappa shape index (κ3) is 7.90. The minimum Gasteiger partial charge on any atom is -0.357 e. The Morgan fingerprint density at radius 2 is 1.96 bits per heavy atom. The molecule has 1 atom stereocenters. The van der Waals surface area contributed by atoms with Gasteiger partial charge in [0.1, 0.15) is 0 Å². The van der Waals surface area contributed by atoms with Crippen molar-refractivity contribution in [3.63, 3.8) is 0 Å². The predicted octanol–water partition coefficient (Wildman–Crippen LogP) is 1.55. The highest BCUT2D eigenvalue weighted by atomic mass is 127. The van der Waals surface area contributed by atoms with Gasteiger partial charge in [0.05, 0.1) is 11.5 Å². The highest BCUT2D eigenvalue weighted by Crippen LogP contribution is 2.11. The molecule has 9 heteroatoms. The first-order chi connectivity index (χ1) is 11.9. The second-order valence-corrected chi connectivity index (χ2v) is 8.36. The third-order valence-electron chi connectivity index (χ3n) is 3.86. The van der Waals surface area contributed by atoms with E-state index >= 15 is 0 Å². The minimum absolute atomic E-state index is 0. The van der Waals surface area contributed by atoms with Crippen molar-refractivity contribution >= 4 is 51.4 Å². The molecule has 146 valence electrons. The Kier molecular flexibility index (Phi) is 9.34. The quantitative estimate of drug-likeness (QED) is 0.317. The van der Waals surface area contributed by atoms with Crippen LogP contribution in [0.4, 0.5) is 5.69 Å². The molecule has 0 bridgehead atoms. The number of aliphatic imine (C=N–C) groups is 1. The third-order valence-corrected chi connectivity index (χ3v) is 5.63. The van der Waals surface area contributed by atoms with E-state index in [1.165, 1.54) is 6.92 Å². The van der Waals surface area contributed by atoms with E-state index in [9.17, 15) is 13.2 Å². The van der Waals surface area contributed by atoms with Crippen LogP contribution in [0.25, 0.3) is 0 Å². The summed E-state index contributed by atoms with van der Waals surface area (Å²) in [5.74, 6) is 0.972. The van der Waals surface area contributed by atoms with Gasteiger partial charge in [-0.2, -0.15) is 0 Å². The number of sulfone groups is 1. The van der Waals surface area contributed by atoms with Crippen LogP contribution in [0.2, 0.25) is 0 Å². The summed E-state index contributed by atoms with van der Waals surface area (Å²) >= 11 is 0. The number of carbonyl (C=O) groups is 1. The standard InChI is InChI=1S/C17H26N4O3S.HI/c1-3-18-17(21-16-9-11-25(23,24)12-16)19-10-8-14-4-6-15(7-5-14)20-13(2)22;/h4-7,16H,3,8-12H2,1-2H3,(H,20,22)(H2,18,19,21);1H. The number of anilines is 1. The highest BCUT2D eigenvalue weighted by molar-refractivity contribution is 14.0. The van der Waals surface area contributed by atoms with Crippen LogP contribution in [0.15, 0.2) is 29.3 Å². The number of nitrogens with zero attached hydrogens (tertiary/aromatic N) is 1. The lowest BCUT2D eigenvalue weighted by molar-refractivity contribution is -0.114. The Morgan fingerprint density at radius 3 is 2.50 bits per heavy atom. The van der Waals surface area contributed by atoms with Crippen molar-refractivity contribution in [2.24, 2.45) is 4.99 Å². The maximum Gasteiger partial charge on any atom is 0.221 e. The van der Waals surface area contributed by atoms with Crippen LogP contribution >= 0.6 is 24.0 Å². The highest BCUT2D eigenvalue weighted by Gasteiger charge is 2.28. The number of nitrogens with one attached hydrogen (secondary N) is 3. The molecule has 1 amide bonds. The normalized spacial score (nSPS) is 18.7. The van der Waals surface area contributed by atoms with Crippen molar-refractivity contribution in [2.75, 3.05) is 29.9 Å². The smallest absolute Gasteiger partial charge is 0.221 e. The van der Waals surface area contributed by atoms with Gasteiger partial charge in [-0.05, 0) is 37.5 Å². The summed E-state index contributed by atoms with van der Waals surface area (Å²) in [4.78, 5) is 15.5. The molecule has 1 saturated heterocycles. The fourth-order valence-corrected chi connectivity index (χ4v) is 4.35. The van der Waals surface area contributed by atoms with Crippen LogP contribution in [0.5, 0.6) is 0 Å². The molecule has 1 aliphatic rings. The van der Waals surface area contributed by atoms with E-state index in [1.807, 2.05) is 31.2 Å². The van der Waals surface area contributed by atoms with Gasteiger partial charge in [-0.25, -0.2) is 8.42 Å². The fraction of sp³-hybridized carbons (Fsp3) is 0.529. The summed E-state index contributed by atoms with van der Waals surface area (Å²) in [6, 6.07) is 7.59. The Morgan fingerprint density at radius 1 is 1.27 bits per heavy atom. The molecule has 1 heterocycles. The summed E-state index contributed by atoms with van der Waals surface area (Å²) in [6.07, 6.45) is 1.39. The molecule has 0 saturated carbocycles. The molecule has 0 spiro atoms. The number of hydrogen-bond acceptors (Lipinski definition) is 4. The number of rotatable bonds is 6. The molecule has 0 radical (unpaired) electrons. The number of benzene rings is 1. The zero-order chi connectivity index (χ0) is 18.3. The average molecular weight is 494 g/mol. The topological polar surface area (TPSA) is 99.7 Å². The van der Waals surface area contributed by atoms with Crippen LogP contribution in [0, 0.1) is 0 Å². The van der Waals surface area contributed by atoms with Gasteiger partial charge in [-0.1, -0.05) is 12.1 Å². The summed E-state index contributed by atoms with van der Waals surface area (Å²) < 4.78 is 23.1. The first-order valence-corrected chi connectivity index (χ1v) is 10.3. The molecular weight excluding hydrogens is 467 g/mol. The van der Waals surface area contributed by atoms with E-state index in [0.29, 0.717) is 18.9 Å². The molecule has 2 rings (SSSR count). The van der Waals surface area contributed by atoms with E-state index in [1.54, 1.807) is 0 Å². The zero-order valence-electron chi connectivity index (χ0n) is 15.1. The Bertz CT molecular complexity index is 720. The molecular formula is C17H27IN4O3S.